The Morgan fingerprint density at radius 3 is 2.61 bits per heavy atom. The Bertz CT molecular complexity index is 1160. The van der Waals surface area contributed by atoms with E-state index in [0.29, 0.717) is 23.6 Å². The molecule has 1 N–H and O–H groups in total. The molecule has 1 amide bonds. The number of hydrogen-bond donors (Lipinski definition) is 1. The van der Waals surface area contributed by atoms with E-state index in [1.807, 2.05) is 31.2 Å². The molecule has 0 bridgehead atoms. The number of nitrogens with zero attached hydrogens (tertiary/aromatic N) is 4. The number of hydrogen-bond acceptors (Lipinski definition) is 4. The summed E-state index contributed by atoms with van der Waals surface area (Å²) >= 11 is 0. The summed E-state index contributed by atoms with van der Waals surface area (Å²) in [6, 6.07) is 8.76. The minimum absolute atomic E-state index is 0.0125. The lowest BCUT2D eigenvalue weighted by Crippen LogP contribution is -2.17. The first-order valence-corrected chi connectivity index (χ1v) is 10.8. The van der Waals surface area contributed by atoms with E-state index in [9.17, 15) is 18.0 Å². The number of amides is 1. The van der Waals surface area contributed by atoms with E-state index >= 15 is 0 Å². The molecule has 1 fully saturated rings. The van der Waals surface area contributed by atoms with Crippen molar-refractivity contribution in [1.82, 2.24) is 19.6 Å². The van der Waals surface area contributed by atoms with E-state index in [-0.39, 0.29) is 24.8 Å². The van der Waals surface area contributed by atoms with Crippen LogP contribution in [0.4, 0.5) is 18.9 Å². The van der Waals surface area contributed by atoms with Crippen LogP contribution in [0.15, 0.2) is 30.3 Å². The van der Waals surface area contributed by atoms with Gasteiger partial charge in [0.2, 0.25) is 5.91 Å². The molecule has 0 saturated heterocycles. The number of methoxy groups -OCH3 is 1. The zero-order valence-corrected chi connectivity index (χ0v) is 18.7. The van der Waals surface area contributed by atoms with E-state index in [4.69, 9.17) is 4.74 Å². The number of benzene rings is 1. The SMILES string of the molecule is COc1cccc(Cn2nc(C)c(NC(=O)CCn3nc(C(F)(F)F)cc3C3CC3)c2C)c1. The fourth-order valence-electron chi connectivity index (χ4n) is 3.84. The van der Waals surface area contributed by atoms with Gasteiger partial charge < -0.3 is 10.1 Å². The Balaban J connectivity index is 1.42. The zero-order chi connectivity index (χ0) is 23.8. The molecule has 0 unspecified atom stereocenters. The van der Waals surface area contributed by atoms with E-state index in [1.165, 1.54) is 4.68 Å². The molecule has 0 radical (unpaired) electrons. The van der Waals surface area contributed by atoms with Gasteiger partial charge in [-0.25, -0.2) is 0 Å². The number of anilines is 1. The first-order valence-electron chi connectivity index (χ1n) is 10.8. The van der Waals surface area contributed by atoms with Crippen molar-refractivity contribution in [2.45, 2.75) is 58.3 Å². The van der Waals surface area contributed by atoms with Gasteiger partial charge in [0.05, 0.1) is 30.7 Å². The van der Waals surface area contributed by atoms with Gasteiger partial charge in [-0.15, -0.1) is 0 Å². The highest BCUT2D eigenvalue weighted by molar-refractivity contribution is 5.91. The van der Waals surface area contributed by atoms with Gasteiger partial charge in [0.25, 0.3) is 0 Å². The van der Waals surface area contributed by atoms with Crippen LogP contribution in [0.1, 0.15) is 53.5 Å². The van der Waals surface area contributed by atoms with Crippen molar-refractivity contribution < 1.29 is 22.7 Å². The predicted molar refractivity (Wildman–Crippen MR) is 116 cm³/mol. The summed E-state index contributed by atoms with van der Waals surface area (Å²) < 4.78 is 47.6. The molecule has 1 aliphatic carbocycles. The fraction of sp³-hybridized carbons (Fsp3) is 0.435. The van der Waals surface area contributed by atoms with Gasteiger partial charge >= 0.3 is 6.18 Å². The number of alkyl halides is 3. The molecular formula is C23H26F3N5O2. The van der Waals surface area contributed by atoms with Crippen LogP contribution in [0.3, 0.4) is 0 Å². The number of nitrogens with one attached hydrogen (secondary N) is 1. The molecule has 0 atom stereocenters. The van der Waals surface area contributed by atoms with Crippen LogP contribution in [-0.2, 0) is 24.1 Å². The number of aromatic nitrogens is 4. The van der Waals surface area contributed by atoms with Gasteiger partial charge in [-0.1, -0.05) is 12.1 Å². The van der Waals surface area contributed by atoms with Crippen LogP contribution in [0, 0.1) is 13.8 Å². The van der Waals surface area contributed by atoms with E-state index in [1.54, 1.807) is 18.7 Å². The predicted octanol–water partition coefficient (Wildman–Crippen LogP) is 4.68. The molecule has 10 heteroatoms. The van der Waals surface area contributed by atoms with Crippen molar-refractivity contribution >= 4 is 11.6 Å². The number of carbonyl (C=O) groups excluding carboxylic acids is 1. The lowest BCUT2D eigenvalue weighted by atomic mass is 10.2. The lowest BCUT2D eigenvalue weighted by Gasteiger charge is -2.09. The van der Waals surface area contributed by atoms with Gasteiger partial charge in [-0.05, 0) is 50.5 Å². The first kappa shape index (κ1) is 22.9. The highest BCUT2D eigenvalue weighted by Gasteiger charge is 2.37. The second-order valence-corrected chi connectivity index (χ2v) is 8.30. The highest BCUT2D eigenvalue weighted by Crippen LogP contribution is 2.42. The molecule has 7 nitrogen and oxygen atoms in total. The van der Waals surface area contributed by atoms with Gasteiger partial charge in [0.1, 0.15) is 5.75 Å². The van der Waals surface area contributed by atoms with Gasteiger partial charge in [0, 0.05) is 24.6 Å². The molecule has 4 rings (SSSR count). The number of carbonyl (C=O) groups is 1. The standard InChI is InChI=1S/C23H26F3N5O2/c1-14-22(15(2)31(28-14)13-16-5-4-6-18(11-16)33-3)27-21(32)9-10-30-19(17-7-8-17)12-20(29-30)23(24,25)26/h4-6,11-12,17H,7-10,13H2,1-3H3,(H,27,32). The Labute approximate surface area is 189 Å². The first-order chi connectivity index (χ1) is 15.7. The molecule has 3 aromatic rings. The second kappa shape index (κ2) is 8.92. The largest absolute Gasteiger partial charge is 0.497 e. The molecule has 2 heterocycles. The minimum Gasteiger partial charge on any atom is -0.497 e. The molecule has 1 aromatic carbocycles. The highest BCUT2D eigenvalue weighted by atomic mass is 19.4. The van der Waals surface area contributed by atoms with Crippen molar-refractivity contribution in [2.75, 3.05) is 12.4 Å². The molecular weight excluding hydrogens is 435 g/mol. The quantitative estimate of drug-likeness (QED) is 0.529. The van der Waals surface area contributed by atoms with Crippen molar-refractivity contribution in [3.8, 4) is 5.75 Å². The molecule has 1 saturated carbocycles. The average molecular weight is 461 g/mol. The molecule has 33 heavy (non-hydrogen) atoms. The van der Waals surface area contributed by atoms with Gasteiger partial charge in [-0.3, -0.25) is 14.2 Å². The summed E-state index contributed by atoms with van der Waals surface area (Å²) in [4.78, 5) is 12.6. The van der Waals surface area contributed by atoms with Crippen molar-refractivity contribution in [2.24, 2.45) is 0 Å². The third-order valence-electron chi connectivity index (χ3n) is 5.76. The lowest BCUT2D eigenvalue weighted by molar-refractivity contribution is -0.141. The third kappa shape index (κ3) is 5.20. The Morgan fingerprint density at radius 1 is 1.18 bits per heavy atom. The summed E-state index contributed by atoms with van der Waals surface area (Å²) in [5.41, 5.74) is 2.72. The molecule has 0 spiro atoms. The second-order valence-electron chi connectivity index (χ2n) is 8.30. The third-order valence-corrected chi connectivity index (χ3v) is 5.76. The van der Waals surface area contributed by atoms with Crippen LogP contribution < -0.4 is 10.1 Å². The fourth-order valence-corrected chi connectivity index (χ4v) is 3.84. The van der Waals surface area contributed by atoms with Crippen molar-refractivity contribution in [1.29, 1.82) is 0 Å². The normalized spacial score (nSPS) is 13.9. The Morgan fingerprint density at radius 2 is 1.94 bits per heavy atom. The van der Waals surface area contributed by atoms with Crippen LogP contribution in [-0.4, -0.2) is 32.6 Å². The number of rotatable bonds is 8. The van der Waals surface area contributed by atoms with E-state index in [0.717, 1.165) is 35.9 Å². The summed E-state index contributed by atoms with van der Waals surface area (Å²) in [6.45, 7) is 4.27. The maximum absolute atomic E-state index is 13.1. The van der Waals surface area contributed by atoms with E-state index in [2.05, 4.69) is 15.5 Å². The van der Waals surface area contributed by atoms with Crippen LogP contribution in [0.2, 0.25) is 0 Å². The molecule has 0 aliphatic heterocycles. The molecule has 2 aromatic heterocycles. The van der Waals surface area contributed by atoms with Gasteiger partial charge in [0.15, 0.2) is 5.69 Å². The smallest absolute Gasteiger partial charge is 0.435 e. The maximum atomic E-state index is 13.1. The summed E-state index contributed by atoms with van der Waals surface area (Å²) in [6.07, 6.45) is -2.79. The summed E-state index contributed by atoms with van der Waals surface area (Å²) in [5.74, 6) is 0.546. The summed E-state index contributed by atoms with van der Waals surface area (Å²) in [5, 5.41) is 11.1. The Hall–Kier alpha value is -3.30. The monoisotopic (exact) mass is 461 g/mol. The van der Waals surface area contributed by atoms with Crippen LogP contribution >= 0.6 is 0 Å². The van der Waals surface area contributed by atoms with Crippen molar-refractivity contribution in [3.63, 3.8) is 0 Å². The van der Waals surface area contributed by atoms with Crippen LogP contribution in [0.5, 0.6) is 5.75 Å². The summed E-state index contributed by atoms with van der Waals surface area (Å²) in [7, 11) is 1.61. The van der Waals surface area contributed by atoms with Crippen LogP contribution in [0.25, 0.3) is 0 Å². The minimum atomic E-state index is -4.50. The van der Waals surface area contributed by atoms with Crippen molar-refractivity contribution in [3.05, 3.63) is 58.7 Å². The van der Waals surface area contributed by atoms with E-state index < -0.39 is 11.9 Å². The average Bonchev–Trinajstić information content (AvgIpc) is 3.46. The molecule has 176 valence electrons. The zero-order valence-electron chi connectivity index (χ0n) is 18.7. The maximum Gasteiger partial charge on any atom is 0.435 e. The number of halogens is 3. The van der Waals surface area contributed by atoms with Gasteiger partial charge in [-0.2, -0.15) is 23.4 Å². The Kier molecular flexibility index (Phi) is 6.18. The molecule has 1 aliphatic rings. The number of aryl methyl sites for hydroxylation is 2. The number of ether oxygens (including phenoxy) is 1. The topological polar surface area (TPSA) is 74.0 Å².